The van der Waals surface area contributed by atoms with E-state index in [9.17, 15) is 13.2 Å². The Balaban J connectivity index is 2.13. The van der Waals surface area contributed by atoms with Crippen LogP contribution in [-0.2, 0) is 6.18 Å². The number of para-hydroxylation sites is 1. The number of imidazole rings is 1. The molecule has 0 saturated carbocycles. The maximum atomic E-state index is 12.7. The average Bonchev–Trinajstić information content (AvgIpc) is 2.89. The van der Waals surface area contributed by atoms with Gasteiger partial charge < -0.3 is 9.14 Å². The summed E-state index contributed by atoms with van der Waals surface area (Å²) in [5, 5.41) is 0. The number of alkyl halides is 3. The first-order valence-corrected chi connectivity index (χ1v) is 6.18. The van der Waals surface area contributed by atoms with Crippen molar-refractivity contribution in [3.63, 3.8) is 0 Å². The first-order valence-electron chi connectivity index (χ1n) is 6.18. The molecule has 0 saturated heterocycles. The molecular weight excluding hydrogens is 281 g/mol. The van der Waals surface area contributed by atoms with Gasteiger partial charge in [-0.1, -0.05) is 12.1 Å². The van der Waals surface area contributed by atoms with Crippen molar-refractivity contribution in [3.05, 3.63) is 54.4 Å². The Hall–Kier alpha value is -2.50. The van der Waals surface area contributed by atoms with Gasteiger partial charge in [0.1, 0.15) is 11.4 Å². The topological polar surface area (TPSA) is 26.5 Å². The Kier molecular flexibility index (Phi) is 3.08. The van der Waals surface area contributed by atoms with Crippen molar-refractivity contribution >= 4 is 5.65 Å². The highest BCUT2D eigenvalue weighted by Gasteiger charge is 2.30. The lowest BCUT2D eigenvalue weighted by Gasteiger charge is -2.05. The molecule has 0 aliphatic rings. The van der Waals surface area contributed by atoms with Crippen LogP contribution in [0.5, 0.6) is 5.75 Å². The van der Waals surface area contributed by atoms with E-state index in [0.717, 1.165) is 17.7 Å². The summed E-state index contributed by atoms with van der Waals surface area (Å²) in [5.74, 6) is 0.622. The van der Waals surface area contributed by atoms with E-state index in [-0.39, 0.29) is 5.65 Å². The van der Waals surface area contributed by atoms with E-state index in [2.05, 4.69) is 4.98 Å². The molecule has 1 aromatic carbocycles. The predicted molar refractivity (Wildman–Crippen MR) is 72.2 cm³/mol. The summed E-state index contributed by atoms with van der Waals surface area (Å²) >= 11 is 0. The second-order valence-corrected chi connectivity index (χ2v) is 4.51. The van der Waals surface area contributed by atoms with Gasteiger partial charge in [-0.3, -0.25) is 0 Å². The molecule has 108 valence electrons. The lowest BCUT2D eigenvalue weighted by molar-refractivity contribution is -0.137. The van der Waals surface area contributed by atoms with Crippen LogP contribution in [0.15, 0.2) is 48.8 Å². The van der Waals surface area contributed by atoms with Crippen molar-refractivity contribution in [3.8, 4) is 17.0 Å². The third-order valence-electron chi connectivity index (χ3n) is 3.17. The van der Waals surface area contributed by atoms with E-state index in [0.29, 0.717) is 11.4 Å². The van der Waals surface area contributed by atoms with Gasteiger partial charge in [0.25, 0.3) is 0 Å². The Bertz CT molecular complexity index is 793. The van der Waals surface area contributed by atoms with Crippen LogP contribution in [0.2, 0.25) is 0 Å². The van der Waals surface area contributed by atoms with Crippen molar-refractivity contribution < 1.29 is 17.9 Å². The first-order chi connectivity index (χ1) is 9.99. The van der Waals surface area contributed by atoms with Gasteiger partial charge in [-0.25, -0.2) is 4.98 Å². The van der Waals surface area contributed by atoms with Gasteiger partial charge >= 0.3 is 6.18 Å². The lowest BCUT2D eigenvalue weighted by atomic mass is 10.1. The van der Waals surface area contributed by atoms with Gasteiger partial charge in [-0.2, -0.15) is 13.2 Å². The van der Waals surface area contributed by atoms with Crippen LogP contribution >= 0.6 is 0 Å². The highest BCUT2D eigenvalue weighted by atomic mass is 19.4. The molecule has 0 radical (unpaired) electrons. The van der Waals surface area contributed by atoms with Crippen molar-refractivity contribution in [2.75, 3.05) is 7.11 Å². The minimum atomic E-state index is -4.38. The Morgan fingerprint density at radius 1 is 1.14 bits per heavy atom. The predicted octanol–water partition coefficient (Wildman–Crippen LogP) is 4.03. The summed E-state index contributed by atoms with van der Waals surface area (Å²) in [6, 6.07) is 9.29. The maximum absolute atomic E-state index is 12.7. The zero-order chi connectivity index (χ0) is 15.0. The standard InChI is InChI=1S/C15H11F3N2O/c1-21-13-5-3-2-4-11(13)12-9-20-7-6-10(15(16,17)18)8-14(20)19-12/h2-9H,1H3. The SMILES string of the molecule is COc1ccccc1-c1cn2ccc(C(F)(F)F)cc2n1. The molecule has 0 spiro atoms. The molecule has 0 aliphatic heterocycles. The zero-order valence-corrected chi connectivity index (χ0v) is 11.1. The molecule has 0 fully saturated rings. The molecule has 0 unspecified atom stereocenters. The number of methoxy groups -OCH3 is 1. The van der Waals surface area contributed by atoms with Crippen LogP contribution in [0.1, 0.15) is 5.56 Å². The molecule has 0 N–H and O–H groups in total. The summed E-state index contributed by atoms with van der Waals surface area (Å²) in [5.41, 5.74) is 0.821. The number of fused-ring (bicyclic) bond motifs is 1. The molecule has 3 rings (SSSR count). The van der Waals surface area contributed by atoms with Crippen molar-refractivity contribution in [1.82, 2.24) is 9.38 Å². The highest BCUT2D eigenvalue weighted by molar-refractivity contribution is 5.69. The fraction of sp³-hybridized carbons (Fsp3) is 0.133. The van der Waals surface area contributed by atoms with E-state index in [1.165, 1.54) is 13.3 Å². The summed E-state index contributed by atoms with van der Waals surface area (Å²) < 4.78 is 44.9. The minimum Gasteiger partial charge on any atom is -0.496 e. The summed E-state index contributed by atoms with van der Waals surface area (Å²) in [4.78, 5) is 4.25. The molecule has 0 atom stereocenters. The summed E-state index contributed by atoms with van der Waals surface area (Å²) in [6.07, 6.45) is -1.35. The lowest BCUT2D eigenvalue weighted by Crippen LogP contribution is -2.05. The monoisotopic (exact) mass is 292 g/mol. The maximum Gasteiger partial charge on any atom is 0.416 e. The Morgan fingerprint density at radius 3 is 2.62 bits per heavy atom. The number of aromatic nitrogens is 2. The van der Waals surface area contributed by atoms with Gasteiger partial charge in [0.15, 0.2) is 0 Å². The molecule has 3 nitrogen and oxygen atoms in total. The van der Waals surface area contributed by atoms with Crippen molar-refractivity contribution in [2.24, 2.45) is 0 Å². The van der Waals surface area contributed by atoms with Crippen molar-refractivity contribution in [2.45, 2.75) is 6.18 Å². The number of halogens is 3. The highest BCUT2D eigenvalue weighted by Crippen LogP contribution is 2.32. The van der Waals surface area contributed by atoms with E-state index >= 15 is 0 Å². The molecule has 21 heavy (non-hydrogen) atoms. The number of nitrogens with zero attached hydrogens (tertiary/aromatic N) is 2. The molecule has 0 bridgehead atoms. The van der Waals surface area contributed by atoms with Crippen LogP contribution in [0.3, 0.4) is 0 Å². The van der Waals surface area contributed by atoms with Gasteiger partial charge in [0.2, 0.25) is 0 Å². The number of rotatable bonds is 2. The Morgan fingerprint density at radius 2 is 1.90 bits per heavy atom. The van der Waals surface area contributed by atoms with Gasteiger partial charge in [0.05, 0.1) is 18.4 Å². The second-order valence-electron chi connectivity index (χ2n) is 4.51. The number of ether oxygens (including phenoxy) is 1. The van der Waals surface area contributed by atoms with E-state index in [1.54, 1.807) is 16.7 Å². The molecule has 0 aliphatic carbocycles. The third-order valence-corrected chi connectivity index (χ3v) is 3.17. The number of hydrogen-bond acceptors (Lipinski definition) is 2. The molecular formula is C15H11F3N2O. The zero-order valence-electron chi connectivity index (χ0n) is 11.1. The van der Waals surface area contributed by atoms with E-state index < -0.39 is 11.7 Å². The molecule has 0 amide bonds. The third kappa shape index (κ3) is 2.44. The van der Waals surface area contributed by atoms with Crippen molar-refractivity contribution in [1.29, 1.82) is 0 Å². The quantitative estimate of drug-likeness (QED) is 0.713. The molecule has 2 heterocycles. The van der Waals surface area contributed by atoms with Crippen LogP contribution in [0.25, 0.3) is 16.9 Å². The number of hydrogen-bond donors (Lipinski definition) is 0. The second kappa shape index (κ2) is 4.80. The van der Waals surface area contributed by atoms with E-state index in [4.69, 9.17) is 4.74 Å². The summed E-state index contributed by atoms with van der Waals surface area (Å²) in [7, 11) is 1.54. The molecule has 3 aromatic rings. The van der Waals surface area contributed by atoms with Crippen LogP contribution < -0.4 is 4.74 Å². The average molecular weight is 292 g/mol. The fourth-order valence-electron chi connectivity index (χ4n) is 2.14. The number of pyridine rings is 1. The van der Waals surface area contributed by atoms with Gasteiger partial charge in [-0.05, 0) is 24.3 Å². The largest absolute Gasteiger partial charge is 0.496 e. The van der Waals surface area contributed by atoms with E-state index in [1.807, 2.05) is 18.2 Å². The normalized spacial score (nSPS) is 11.8. The van der Waals surface area contributed by atoms with Crippen LogP contribution in [0, 0.1) is 0 Å². The molecule has 6 heteroatoms. The first kappa shape index (κ1) is 13.5. The molecule has 2 aromatic heterocycles. The fourth-order valence-corrected chi connectivity index (χ4v) is 2.14. The number of benzene rings is 1. The minimum absolute atomic E-state index is 0.241. The van der Waals surface area contributed by atoms with Gasteiger partial charge in [-0.15, -0.1) is 0 Å². The van der Waals surface area contributed by atoms with Crippen LogP contribution in [0.4, 0.5) is 13.2 Å². The summed E-state index contributed by atoms with van der Waals surface area (Å²) in [6.45, 7) is 0. The Labute approximate surface area is 118 Å². The van der Waals surface area contributed by atoms with Gasteiger partial charge in [0, 0.05) is 18.0 Å². The smallest absolute Gasteiger partial charge is 0.416 e. The van der Waals surface area contributed by atoms with Crippen LogP contribution in [-0.4, -0.2) is 16.5 Å².